The van der Waals surface area contributed by atoms with Crippen LogP contribution in [0.4, 0.5) is 0 Å². The zero-order valence-corrected chi connectivity index (χ0v) is 7.65. The molecule has 0 bridgehead atoms. The van der Waals surface area contributed by atoms with Crippen molar-refractivity contribution < 1.29 is 14.7 Å². The zero-order valence-electron chi connectivity index (χ0n) is 7.65. The molecule has 1 aromatic heterocycles. The number of aromatic amines is 1. The summed E-state index contributed by atoms with van der Waals surface area (Å²) < 4.78 is 0. The van der Waals surface area contributed by atoms with E-state index >= 15 is 0 Å². The highest BCUT2D eigenvalue weighted by atomic mass is 16.4. The fourth-order valence-corrected chi connectivity index (χ4v) is 0.966. The summed E-state index contributed by atoms with van der Waals surface area (Å²) >= 11 is 0. The van der Waals surface area contributed by atoms with Crippen LogP contribution in [0.5, 0.6) is 0 Å². The number of Topliss-reactive ketones (excluding diaryl/α,β-unsaturated/α-hetero) is 1. The van der Waals surface area contributed by atoms with Crippen LogP contribution in [0.25, 0.3) is 0 Å². The predicted octanol–water partition coefficient (Wildman–Crippen LogP) is -0.433. The summed E-state index contributed by atoms with van der Waals surface area (Å²) in [6.45, 7) is 1.37. The fourth-order valence-electron chi connectivity index (χ4n) is 0.966. The van der Waals surface area contributed by atoms with Gasteiger partial charge in [-0.1, -0.05) is 0 Å². The van der Waals surface area contributed by atoms with Gasteiger partial charge in [-0.3, -0.25) is 9.59 Å². The van der Waals surface area contributed by atoms with Gasteiger partial charge in [0.15, 0.2) is 11.6 Å². The molecule has 4 N–H and O–H groups in total. The quantitative estimate of drug-likeness (QED) is 0.567. The molecular weight excluding hydrogens is 186 g/mol. The summed E-state index contributed by atoms with van der Waals surface area (Å²) in [7, 11) is 0. The van der Waals surface area contributed by atoms with Gasteiger partial charge in [0.25, 0.3) is 0 Å². The van der Waals surface area contributed by atoms with E-state index in [1.807, 2.05) is 0 Å². The summed E-state index contributed by atoms with van der Waals surface area (Å²) in [4.78, 5) is 27.7. The molecule has 0 aromatic carbocycles. The number of aromatic nitrogens is 2. The molecule has 0 saturated carbocycles. The molecule has 0 aliphatic heterocycles. The van der Waals surface area contributed by atoms with E-state index in [0.29, 0.717) is 5.69 Å². The molecule has 0 spiro atoms. The molecule has 1 unspecified atom stereocenters. The summed E-state index contributed by atoms with van der Waals surface area (Å²) in [5.41, 5.74) is 5.85. The molecule has 6 heteroatoms. The second-order valence-corrected chi connectivity index (χ2v) is 2.96. The van der Waals surface area contributed by atoms with Crippen LogP contribution < -0.4 is 5.73 Å². The summed E-state index contributed by atoms with van der Waals surface area (Å²) in [5.74, 6) is -1.05. The Balaban J connectivity index is 2.69. The predicted molar refractivity (Wildman–Crippen MR) is 47.9 cm³/mol. The number of carbonyl (C=O) groups is 2. The number of hydrogen-bond donors (Lipinski definition) is 3. The van der Waals surface area contributed by atoms with Crippen LogP contribution in [-0.4, -0.2) is 32.9 Å². The largest absolute Gasteiger partial charge is 0.480 e. The number of carboxylic acid groups (broad SMARTS) is 1. The Labute approximate surface area is 80.1 Å². The van der Waals surface area contributed by atoms with Crippen molar-refractivity contribution in [3.8, 4) is 0 Å². The Morgan fingerprint density at radius 1 is 1.71 bits per heavy atom. The third-order valence-electron chi connectivity index (χ3n) is 1.72. The van der Waals surface area contributed by atoms with Gasteiger partial charge in [-0.05, 0) is 0 Å². The third kappa shape index (κ3) is 2.40. The number of imidazole rings is 1. The van der Waals surface area contributed by atoms with Crippen LogP contribution >= 0.6 is 0 Å². The van der Waals surface area contributed by atoms with Gasteiger partial charge in [-0.2, -0.15) is 0 Å². The van der Waals surface area contributed by atoms with E-state index in [2.05, 4.69) is 9.97 Å². The molecule has 1 heterocycles. The van der Waals surface area contributed by atoms with Crippen LogP contribution in [0, 0.1) is 0 Å². The van der Waals surface area contributed by atoms with Crippen LogP contribution in [0.3, 0.4) is 0 Å². The van der Waals surface area contributed by atoms with Crippen LogP contribution in [0.2, 0.25) is 0 Å². The zero-order chi connectivity index (χ0) is 10.7. The first-order chi connectivity index (χ1) is 6.50. The van der Waals surface area contributed by atoms with Gasteiger partial charge < -0.3 is 15.8 Å². The van der Waals surface area contributed by atoms with Gasteiger partial charge in [-0.15, -0.1) is 0 Å². The van der Waals surface area contributed by atoms with Crippen molar-refractivity contribution in [1.29, 1.82) is 0 Å². The molecule has 14 heavy (non-hydrogen) atoms. The van der Waals surface area contributed by atoms with E-state index in [0.717, 1.165) is 0 Å². The molecule has 0 saturated heterocycles. The lowest BCUT2D eigenvalue weighted by Gasteiger charge is -2.02. The maximum Gasteiger partial charge on any atom is 0.320 e. The second-order valence-electron chi connectivity index (χ2n) is 2.96. The molecule has 0 amide bonds. The number of hydrogen-bond acceptors (Lipinski definition) is 4. The number of nitrogens with zero attached hydrogens (tertiary/aromatic N) is 1. The van der Waals surface area contributed by atoms with Gasteiger partial charge in [-0.25, -0.2) is 4.98 Å². The minimum atomic E-state index is -1.08. The molecule has 0 radical (unpaired) electrons. The van der Waals surface area contributed by atoms with Gasteiger partial charge in [0, 0.05) is 25.2 Å². The van der Waals surface area contributed by atoms with Gasteiger partial charge in [0.1, 0.15) is 6.04 Å². The molecule has 1 aromatic rings. The van der Waals surface area contributed by atoms with E-state index in [-0.39, 0.29) is 18.0 Å². The topological polar surface area (TPSA) is 109 Å². The average Bonchev–Trinajstić information content (AvgIpc) is 2.52. The Kier molecular flexibility index (Phi) is 2.98. The molecule has 6 nitrogen and oxygen atoms in total. The number of carbonyl (C=O) groups excluding carboxylic acids is 1. The number of carboxylic acids is 1. The highest BCUT2D eigenvalue weighted by Gasteiger charge is 2.14. The van der Waals surface area contributed by atoms with Crippen molar-refractivity contribution in [2.45, 2.75) is 19.4 Å². The fraction of sp³-hybridized carbons (Fsp3) is 0.375. The van der Waals surface area contributed by atoms with E-state index in [1.54, 1.807) is 0 Å². The van der Waals surface area contributed by atoms with Crippen molar-refractivity contribution in [2.24, 2.45) is 5.73 Å². The van der Waals surface area contributed by atoms with Crippen molar-refractivity contribution >= 4 is 11.8 Å². The molecule has 0 aliphatic rings. The van der Waals surface area contributed by atoms with Crippen molar-refractivity contribution in [3.63, 3.8) is 0 Å². The SMILES string of the molecule is CC(=O)c1ncc(CC(N)C(=O)O)[nH]1. The highest BCUT2D eigenvalue weighted by Crippen LogP contribution is 2.01. The van der Waals surface area contributed by atoms with Crippen molar-refractivity contribution in [1.82, 2.24) is 9.97 Å². The average molecular weight is 197 g/mol. The molecular formula is C8H11N3O3. The molecule has 1 atom stereocenters. The first kappa shape index (κ1) is 10.4. The van der Waals surface area contributed by atoms with Crippen LogP contribution in [0.15, 0.2) is 6.20 Å². The standard InChI is InChI=1S/C8H11N3O3/c1-4(12)7-10-3-5(11-7)2-6(9)8(13)14/h3,6H,2,9H2,1H3,(H,10,11)(H,13,14). The van der Waals surface area contributed by atoms with E-state index in [1.165, 1.54) is 13.1 Å². The van der Waals surface area contributed by atoms with E-state index < -0.39 is 12.0 Å². The molecule has 0 aliphatic carbocycles. The molecule has 76 valence electrons. The number of ketones is 1. The highest BCUT2D eigenvalue weighted by molar-refractivity contribution is 5.90. The lowest BCUT2D eigenvalue weighted by Crippen LogP contribution is -2.32. The maximum absolute atomic E-state index is 10.8. The Morgan fingerprint density at radius 3 is 2.79 bits per heavy atom. The summed E-state index contributed by atoms with van der Waals surface area (Å²) in [6.07, 6.45) is 1.55. The Hall–Kier alpha value is -1.69. The number of rotatable bonds is 4. The van der Waals surface area contributed by atoms with Gasteiger partial charge >= 0.3 is 5.97 Å². The summed E-state index contributed by atoms with van der Waals surface area (Å²) in [5, 5.41) is 8.53. The minimum Gasteiger partial charge on any atom is -0.480 e. The third-order valence-corrected chi connectivity index (χ3v) is 1.72. The second kappa shape index (κ2) is 4.01. The van der Waals surface area contributed by atoms with Crippen molar-refractivity contribution in [3.05, 3.63) is 17.7 Å². The first-order valence-electron chi connectivity index (χ1n) is 4.04. The number of H-pyrrole nitrogens is 1. The molecule has 0 fully saturated rings. The first-order valence-corrected chi connectivity index (χ1v) is 4.04. The number of aliphatic carboxylic acids is 1. The number of nitrogens with one attached hydrogen (secondary N) is 1. The summed E-state index contributed by atoms with van der Waals surface area (Å²) in [6, 6.07) is -0.977. The smallest absolute Gasteiger partial charge is 0.320 e. The van der Waals surface area contributed by atoms with Gasteiger partial charge in [0.05, 0.1) is 0 Å². The minimum absolute atomic E-state index is 0.135. The lowest BCUT2D eigenvalue weighted by atomic mass is 10.2. The normalized spacial score (nSPS) is 12.4. The Morgan fingerprint density at radius 2 is 2.36 bits per heavy atom. The van der Waals surface area contributed by atoms with E-state index in [9.17, 15) is 9.59 Å². The maximum atomic E-state index is 10.8. The Bertz CT molecular complexity index is 358. The molecule has 1 rings (SSSR count). The monoisotopic (exact) mass is 197 g/mol. The lowest BCUT2D eigenvalue weighted by molar-refractivity contribution is -0.138. The van der Waals surface area contributed by atoms with Gasteiger partial charge in [0.2, 0.25) is 0 Å². The van der Waals surface area contributed by atoms with Crippen LogP contribution in [-0.2, 0) is 11.2 Å². The van der Waals surface area contributed by atoms with Crippen molar-refractivity contribution in [2.75, 3.05) is 0 Å². The van der Waals surface area contributed by atoms with E-state index in [4.69, 9.17) is 10.8 Å². The van der Waals surface area contributed by atoms with Crippen LogP contribution in [0.1, 0.15) is 23.2 Å². The number of nitrogens with two attached hydrogens (primary N) is 1.